The monoisotopic (exact) mass is 461 g/mol. The lowest BCUT2D eigenvalue weighted by Gasteiger charge is -2.15. The number of carbonyl (C=O) groups excluding carboxylic acids is 2. The van der Waals surface area contributed by atoms with Crippen molar-refractivity contribution in [1.82, 2.24) is 0 Å². The molecule has 0 fully saturated rings. The molecule has 150 valence electrons. The largest absolute Gasteiger partial charge is 0.495 e. The Kier molecular flexibility index (Phi) is 6.90. The van der Waals surface area contributed by atoms with Gasteiger partial charge in [-0.3, -0.25) is 4.79 Å². The normalized spacial score (nSPS) is 11.5. The fraction of sp³-hybridized carbons (Fsp3) is 0.222. The molecule has 2 rings (SSSR count). The molecule has 0 aliphatic rings. The van der Waals surface area contributed by atoms with Crippen LogP contribution in [-0.4, -0.2) is 32.2 Å². The zero-order chi connectivity index (χ0) is 21.0. The van der Waals surface area contributed by atoms with Gasteiger partial charge >= 0.3 is 5.97 Å². The van der Waals surface area contributed by atoms with Gasteiger partial charge in [0.05, 0.1) is 25.5 Å². The van der Waals surface area contributed by atoms with Crippen molar-refractivity contribution in [3.05, 3.63) is 51.8 Å². The van der Waals surface area contributed by atoms with Crippen molar-refractivity contribution in [3.63, 3.8) is 0 Å². The van der Waals surface area contributed by atoms with E-state index in [9.17, 15) is 22.8 Å². The molecule has 0 heterocycles. The number of hydrogen-bond acceptors (Lipinski definition) is 5. The van der Waals surface area contributed by atoms with Crippen LogP contribution in [0.25, 0.3) is 0 Å². The summed E-state index contributed by atoms with van der Waals surface area (Å²) in [5, 5.41) is 2.03. The minimum atomic E-state index is -1.73. The van der Waals surface area contributed by atoms with Crippen molar-refractivity contribution in [2.75, 3.05) is 19.5 Å². The van der Waals surface area contributed by atoms with Crippen LogP contribution in [0.15, 0.2) is 28.7 Å². The quantitative estimate of drug-likeness (QED) is 0.518. The fourth-order valence-electron chi connectivity index (χ4n) is 2.13. The minimum Gasteiger partial charge on any atom is -0.495 e. The van der Waals surface area contributed by atoms with Gasteiger partial charge in [-0.25, -0.2) is 18.0 Å². The maximum atomic E-state index is 13.6. The molecular weight excluding hydrogens is 447 g/mol. The van der Waals surface area contributed by atoms with E-state index in [1.54, 1.807) is 0 Å². The smallest absolute Gasteiger partial charge is 0.339 e. The van der Waals surface area contributed by atoms with Gasteiger partial charge in [0.25, 0.3) is 5.91 Å². The summed E-state index contributed by atoms with van der Waals surface area (Å²) in [6.07, 6.45) is -1.36. The molecule has 0 aliphatic heterocycles. The Balaban J connectivity index is 2.14. The van der Waals surface area contributed by atoms with Crippen molar-refractivity contribution < 1.29 is 37.0 Å². The number of methoxy groups -OCH3 is 2. The Morgan fingerprint density at radius 3 is 2.14 bits per heavy atom. The van der Waals surface area contributed by atoms with Crippen LogP contribution >= 0.6 is 15.9 Å². The van der Waals surface area contributed by atoms with Gasteiger partial charge in [0.2, 0.25) is 0 Å². The SMILES string of the molecule is COc1cc(C(=O)OC(C)C(=O)Nc2ccc(F)c(F)c2F)cc(OC)c1Br. The Morgan fingerprint density at radius 2 is 1.61 bits per heavy atom. The number of amides is 1. The summed E-state index contributed by atoms with van der Waals surface area (Å²) in [4.78, 5) is 24.4. The number of rotatable bonds is 6. The van der Waals surface area contributed by atoms with Crippen LogP contribution in [0.3, 0.4) is 0 Å². The summed E-state index contributed by atoms with van der Waals surface area (Å²) in [7, 11) is 2.78. The molecule has 0 spiro atoms. The first-order chi connectivity index (χ1) is 13.2. The molecule has 28 heavy (non-hydrogen) atoms. The Morgan fingerprint density at radius 1 is 1.04 bits per heavy atom. The predicted octanol–water partition coefficient (Wildman–Crippen LogP) is 4.07. The number of ether oxygens (including phenoxy) is 3. The Labute approximate surface area is 166 Å². The highest BCUT2D eigenvalue weighted by Crippen LogP contribution is 2.35. The molecule has 0 saturated carbocycles. The highest BCUT2D eigenvalue weighted by atomic mass is 79.9. The number of benzene rings is 2. The second kappa shape index (κ2) is 8.96. The Bertz CT molecular complexity index is 897. The van der Waals surface area contributed by atoms with E-state index in [0.29, 0.717) is 22.0 Å². The first-order valence-corrected chi connectivity index (χ1v) is 8.55. The van der Waals surface area contributed by atoms with Gasteiger partial charge in [0, 0.05) is 0 Å². The molecule has 10 heteroatoms. The van der Waals surface area contributed by atoms with E-state index in [4.69, 9.17) is 14.2 Å². The first kappa shape index (κ1) is 21.5. The molecule has 2 aromatic rings. The molecule has 0 aromatic heterocycles. The van der Waals surface area contributed by atoms with E-state index < -0.39 is 41.1 Å². The van der Waals surface area contributed by atoms with Crippen LogP contribution in [-0.2, 0) is 9.53 Å². The van der Waals surface area contributed by atoms with Crippen LogP contribution < -0.4 is 14.8 Å². The lowest BCUT2D eigenvalue weighted by Crippen LogP contribution is -2.30. The molecule has 2 aromatic carbocycles. The van der Waals surface area contributed by atoms with Crippen LogP contribution in [0.1, 0.15) is 17.3 Å². The minimum absolute atomic E-state index is 0.0376. The van der Waals surface area contributed by atoms with Gasteiger partial charge in [-0.15, -0.1) is 0 Å². The molecule has 1 atom stereocenters. The summed E-state index contributed by atoms with van der Waals surface area (Å²) in [5.41, 5.74) is -0.547. The van der Waals surface area contributed by atoms with E-state index in [1.165, 1.54) is 33.3 Å². The van der Waals surface area contributed by atoms with E-state index in [2.05, 4.69) is 15.9 Å². The van der Waals surface area contributed by atoms with Crippen LogP contribution in [0.2, 0.25) is 0 Å². The van der Waals surface area contributed by atoms with Gasteiger partial charge in [0.1, 0.15) is 16.0 Å². The maximum Gasteiger partial charge on any atom is 0.339 e. The summed E-state index contributed by atoms with van der Waals surface area (Å²) < 4.78 is 55.6. The van der Waals surface area contributed by atoms with Gasteiger partial charge in [-0.1, -0.05) is 0 Å². The number of hydrogen-bond donors (Lipinski definition) is 1. The molecule has 0 bridgehead atoms. The summed E-state index contributed by atoms with van der Waals surface area (Å²) in [6, 6.07) is 4.25. The average molecular weight is 462 g/mol. The van der Waals surface area contributed by atoms with Crippen LogP contribution in [0.5, 0.6) is 11.5 Å². The fourth-order valence-corrected chi connectivity index (χ4v) is 2.68. The first-order valence-electron chi connectivity index (χ1n) is 7.76. The van der Waals surface area contributed by atoms with Crippen molar-refractivity contribution in [2.45, 2.75) is 13.0 Å². The zero-order valence-corrected chi connectivity index (χ0v) is 16.5. The number of nitrogens with one attached hydrogen (secondary N) is 1. The summed E-state index contributed by atoms with van der Waals surface area (Å²) >= 11 is 3.25. The summed E-state index contributed by atoms with van der Waals surface area (Å²) in [6.45, 7) is 1.23. The van der Waals surface area contributed by atoms with Gasteiger partial charge in [-0.2, -0.15) is 0 Å². The molecule has 0 saturated heterocycles. The van der Waals surface area contributed by atoms with E-state index in [0.717, 1.165) is 6.07 Å². The standard InChI is InChI=1S/C18H15BrF3NO5/c1-8(17(24)23-11-5-4-10(20)15(21)16(11)22)28-18(25)9-6-12(26-2)14(19)13(7-9)27-3/h4-8H,1-3H3,(H,23,24). The van der Waals surface area contributed by atoms with E-state index >= 15 is 0 Å². The third-order valence-electron chi connectivity index (χ3n) is 3.63. The molecule has 0 radical (unpaired) electrons. The second-order valence-electron chi connectivity index (χ2n) is 5.45. The maximum absolute atomic E-state index is 13.6. The van der Waals surface area contributed by atoms with Crippen molar-refractivity contribution in [2.24, 2.45) is 0 Å². The average Bonchev–Trinajstić information content (AvgIpc) is 2.68. The number of halogens is 4. The second-order valence-corrected chi connectivity index (χ2v) is 6.25. The van der Waals surface area contributed by atoms with Crippen LogP contribution in [0.4, 0.5) is 18.9 Å². The van der Waals surface area contributed by atoms with E-state index in [1.807, 2.05) is 5.32 Å². The topological polar surface area (TPSA) is 73.9 Å². The zero-order valence-electron chi connectivity index (χ0n) is 14.9. The molecule has 1 amide bonds. The van der Waals surface area contributed by atoms with Gasteiger partial charge < -0.3 is 19.5 Å². The van der Waals surface area contributed by atoms with Crippen LogP contribution in [0, 0.1) is 17.5 Å². The molecule has 1 N–H and O–H groups in total. The van der Waals surface area contributed by atoms with E-state index in [-0.39, 0.29) is 5.56 Å². The highest BCUT2D eigenvalue weighted by molar-refractivity contribution is 9.10. The molecule has 6 nitrogen and oxygen atoms in total. The molecular formula is C18H15BrF3NO5. The van der Waals surface area contributed by atoms with Crippen molar-refractivity contribution >= 4 is 33.5 Å². The highest BCUT2D eigenvalue weighted by Gasteiger charge is 2.23. The van der Waals surface area contributed by atoms with Gasteiger partial charge in [0.15, 0.2) is 23.6 Å². The van der Waals surface area contributed by atoms with Crippen molar-refractivity contribution in [1.29, 1.82) is 0 Å². The lowest BCUT2D eigenvalue weighted by atomic mass is 10.2. The third kappa shape index (κ3) is 4.56. The number of carbonyl (C=O) groups is 2. The summed E-state index contributed by atoms with van der Waals surface area (Å²) in [5.74, 6) is -5.90. The predicted molar refractivity (Wildman–Crippen MR) is 97.1 cm³/mol. The van der Waals surface area contributed by atoms with Crippen molar-refractivity contribution in [3.8, 4) is 11.5 Å². The number of esters is 1. The third-order valence-corrected chi connectivity index (χ3v) is 4.41. The number of anilines is 1. The lowest BCUT2D eigenvalue weighted by molar-refractivity contribution is -0.123. The Hall–Kier alpha value is -2.75. The van der Waals surface area contributed by atoms with Gasteiger partial charge in [-0.05, 0) is 47.1 Å². The molecule has 0 aliphatic carbocycles. The molecule has 1 unspecified atom stereocenters.